The Kier molecular flexibility index (Phi) is 5.98. The first-order valence-electron chi connectivity index (χ1n) is 8.42. The molecule has 0 atom stereocenters. The van der Waals surface area contributed by atoms with Gasteiger partial charge in [-0.15, -0.1) is 0 Å². The summed E-state index contributed by atoms with van der Waals surface area (Å²) in [5, 5.41) is 6.32. The van der Waals surface area contributed by atoms with E-state index < -0.39 is 0 Å². The van der Waals surface area contributed by atoms with Gasteiger partial charge in [0.1, 0.15) is 17.4 Å². The summed E-state index contributed by atoms with van der Waals surface area (Å²) in [4.78, 5) is 8.57. The maximum absolute atomic E-state index is 13.7. The van der Waals surface area contributed by atoms with E-state index >= 15 is 0 Å². The van der Waals surface area contributed by atoms with Crippen LogP contribution in [0.4, 0.5) is 16.2 Å². The average molecular weight is 352 g/mol. The molecule has 26 heavy (non-hydrogen) atoms. The van der Waals surface area contributed by atoms with E-state index in [1.807, 2.05) is 18.2 Å². The summed E-state index contributed by atoms with van der Waals surface area (Å²) in [7, 11) is 1.66. The van der Waals surface area contributed by atoms with Crippen LogP contribution in [0.2, 0.25) is 0 Å². The lowest BCUT2D eigenvalue weighted by Crippen LogP contribution is -2.09. The molecular formula is C20H21FN4O. The van der Waals surface area contributed by atoms with Gasteiger partial charge >= 0.3 is 0 Å². The number of benzene rings is 2. The first-order chi connectivity index (χ1) is 12.7. The molecule has 0 aliphatic carbocycles. The van der Waals surface area contributed by atoms with Crippen molar-refractivity contribution in [2.24, 2.45) is 0 Å². The largest absolute Gasteiger partial charge is 0.497 e. The zero-order chi connectivity index (χ0) is 18.2. The summed E-state index contributed by atoms with van der Waals surface area (Å²) in [5.41, 5.74) is 1.76. The van der Waals surface area contributed by atoms with Crippen molar-refractivity contribution < 1.29 is 9.13 Å². The quantitative estimate of drug-likeness (QED) is 0.644. The van der Waals surface area contributed by atoms with E-state index in [1.165, 1.54) is 11.6 Å². The Labute approximate surface area is 152 Å². The highest BCUT2D eigenvalue weighted by Crippen LogP contribution is 2.14. The van der Waals surface area contributed by atoms with Gasteiger partial charge in [-0.3, -0.25) is 0 Å². The Morgan fingerprint density at radius 1 is 1.04 bits per heavy atom. The Bertz CT molecular complexity index is 856. The van der Waals surface area contributed by atoms with Crippen molar-refractivity contribution in [1.29, 1.82) is 0 Å². The average Bonchev–Trinajstić information content (AvgIpc) is 2.68. The Morgan fingerprint density at radius 2 is 1.92 bits per heavy atom. The number of hydrogen-bond donors (Lipinski definition) is 2. The predicted molar refractivity (Wildman–Crippen MR) is 101 cm³/mol. The van der Waals surface area contributed by atoms with E-state index in [2.05, 4.69) is 26.7 Å². The fourth-order valence-electron chi connectivity index (χ4n) is 2.52. The van der Waals surface area contributed by atoms with Crippen LogP contribution in [-0.4, -0.2) is 23.6 Å². The van der Waals surface area contributed by atoms with E-state index in [4.69, 9.17) is 4.74 Å². The normalized spacial score (nSPS) is 10.4. The number of aromatic nitrogens is 2. The lowest BCUT2D eigenvalue weighted by Gasteiger charge is -2.09. The highest BCUT2D eigenvalue weighted by Gasteiger charge is 2.03. The standard InChI is InChI=1S/C20H21FN4O/c1-26-17-7-4-5-15(13-17)9-11-22-19-10-12-23-20(25-19)24-14-16-6-2-3-8-18(16)21/h2-8,10,12-13H,9,11,14H2,1H3,(H2,22,23,24,25). The molecule has 0 aliphatic heterocycles. The number of hydrogen-bond acceptors (Lipinski definition) is 5. The van der Waals surface area contributed by atoms with Gasteiger partial charge in [-0.05, 0) is 36.2 Å². The van der Waals surface area contributed by atoms with Crippen molar-refractivity contribution in [3.8, 4) is 5.75 Å². The highest BCUT2D eigenvalue weighted by atomic mass is 19.1. The van der Waals surface area contributed by atoms with Gasteiger partial charge in [0, 0.05) is 24.8 Å². The monoisotopic (exact) mass is 352 g/mol. The molecule has 2 N–H and O–H groups in total. The molecule has 0 radical (unpaired) electrons. The Morgan fingerprint density at radius 3 is 2.77 bits per heavy atom. The topological polar surface area (TPSA) is 59.1 Å². The number of halogens is 1. The molecule has 0 amide bonds. The number of rotatable bonds is 8. The molecule has 6 heteroatoms. The molecule has 134 valence electrons. The van der Waals surface area contributed by atoms with E-state index in [9.17, 15) is 4.39 Å². The molecule has 3 rings (SSSR count). The van der Waals surface area contributed by atoms with Crippen LogP contribution >= 0.6 is 0 Å². The molecule has 0 aliphatic rings. The number of ether oxygens (including phenoxy) is 1. The van der Waals surface area contributed by atoms with Crippen molar-refractivity contribution >= 4 is 11.8 Å². The van der Waals surface area contributed by atoms with Gasteiger partial charge in [-0.1, -0.05) is 30.3 Å². The third kappa shape index (κ3) is 4.92. The second kappa shape index (κ2) is 8.80. The summed E-state index contributed by atoms with van der Waals surface area (Å²) in [6, 6.07) is 16.4. The minimum atomic E-state index is -0.243. The van der Waals surface area contributed by atoms with Crippen molar-refractivity contribution in [1.82, 2.24) is 9.97 Å². The molecule has 0 spiro atoms. The fraction of sp³-hybridized carbons (Fsp3) is 0.200. The van der Waals surface area contributed by atoms with Crippen LogP contribution < -0.4 is 15.4 Å². The maximum Gasteiger partial charge on any atom is 0.224 e. The molecule has 2 aromatic carbocycles. The van der Waals surface area contributed by atoms with Crippen LogP contribution in [0.5, 0.6) is 5.75 Å². The van der Waals surface area contributed by atoms with Crippen LogP contribution in [0.25, 0.3) is 0 Å². The third-order valence-corrected chi connectivity index (χ3v) is 3.90. The van der Waals surface area contributed by atoms with Gasteiger partial charge in [0.25, 0.3) is 0 Å². The summed E-state index contributed by atoms with van der Waals surface area (Å²) < 4.78 is 18.9. The van der Waals surface area contributed by atoms with Gasteiger partial charge < -0.3 is 15.4 Å². The summed E-state index contributed by atoms with van der Waals surface area (Å²) in [6.45, 7) is 1.07. The van der Waals surface area contributed by atoms with Crippen LogP contribution in [0, 0.1) is 5.82 Å². The van der Waals surface area contributed by atoms with E-state index in [-0.39, 0.29) is 5.82 Å². The molecule has 0 bridgehead atoms. The van der Waals surface area contributed by atoms with Crippen LogP contribution in [0.3, 0.4) is 0 Å². The van der Waals surface area contributed by atoms with Gasteiger partial charge in [-0.25, -0.2) is 9.37 Å². The molecule has 1 aromatic heterocycles. The first-order valence-corrected chi connectivity index (χ1v) is 8.42. The van der Waals surface area contributed by atoms with Crippen LogP contribution in [0.1, 0.15) is 11.1 Å². The minimum Gasteiger partial charge on any atom is -0.497 e. The third-order valence-electron chi connectivity index (χ3n) is 3.90. The minimum absolute atomic E-state index is 0.243. The zero-order valence-corrected chi connectivity index (χ0v) is 14.6. The molecule has 0 fully saturated rings. The summed E-state index contributed by atoms with van der Waals surface area (Å²) in [6.07, 6.45) is 2.52. The number of nitrogens with one attached hydrogen (secondary N) is 2. The predicted octanol–water partition coefficient (Wildman–Crippen LogP) is 3.89. The molecule has 0 unspecified atom stereocenters. The fourth-order valence-corrected chi connectivity index (χ4v) is 2.52. The summed E-state index contributed by atoms with van der Waals surface area (Å²) >= 11 is 0. The molecule has 1 heterocycles. The molecule has 3 aromatic rings. The Hall–Kier alpha value is -3.15. The SMILES string of the molecule is COc1cccc(CCNc2ccnc(NCc3ccccc3F)n2)c1. The van der Waals surface area contributed by atoms with Gasteiger partial charge in [-0.2, -0.15) is 4.98 Å². The lowest BCUT2D eigenvalue weighted by molar-refractivity contribution is 0.414. The van der Waals surface area contributed by atoms with Crippen molar-refractivity contribution in [2.45, 2.75) is 13.0 Å². The zero-order valence-electron chi connectivity index (χ0n) is 14.6. The van der Waals surface area contributed by atoms with Crippen molar-refractivity contribution in [2.75, 3.05) is 24.3 Å². The smallest absolute Gasteiger partial charge is 0.224 e. The molecule has 5 nitrogen and oxygen atoms in total. The van der Waals surface area contributed by atoms with E-state index in [0.717, 1.165) is 24.5 Å². The molecular weight excluding hydrogens is 331 g/mol. The number of anilines is 2. The first kappa shape index (κ1) is 17.7. The highest BCUT2D eigenvalue weighted by molar-refractivity contribution is 5.40. The van der Waals surface area contributed by atoms with Crippen LogP contribution in [-0.2, 0) is 13.0 Å². The van der Waals surface area contributed by atoms with Gasteiger partial charge in [0.15, 0.2) is 0 Å². The molecule has 0 saturated carbocycles. The van der Waals surface area contributed by atoms with Gasteiger partial charge in [0.2, 0.25) is 5.95 Å². The second-order valence-corrected chi connectivity index (χ2v) is 5.74. The second-order valence-electron chi connectivity index (χ2n) is 5.74. The lowest BCUT2D eigenvalue weighted by atomic mass is 10.1. The Balaban J connectivity index is 1.53. The van der Waals surface area contributed by atoms with Crippen molar-refractivity contribution in [3.05, 3.63) is 77.7 Å². The van der Waals surface area contributed by atoms with E-state index in [0.29, 0.717) is 18.1 Å². The maximum atomic E-state index is 13.7. The van der Waals surface area contributed by atoms with Gasteiger partial charge in [0.05, 0.1) is 7.11 Å². The number of methoxy groups -OCH3 is 1. The van der Waals surface area contributed by atoms with Crippen LogP contribution in [0.15, 0.2) is 60.8 Å². The van der Waals surface area contributed by atoms with E-state index in [1.54, 1.807) is 37.6 Å². The number of nitrogens with zero attached hydrogens (tertiary/aromatic N) is 2. The van der Waals surface area contributed by atoms with Crippen molar-refractivity contribution in [3.63, 3.8) is 0 Å². The molecule has 0 saturated heterocycles. The summed E-state index contributed by atoms with van der Waals surface area (Å²) in [5.74, 6) is 1.79.